The Morgan fingerprint density at radius 2 is 1.35 bits per heavy atom. The largest absolute Gasteiger partial charge is 0.386 e. The van der Waals surface area contributed by atoms with Crippen LogP contribution in [0.15, 0.2) is 11.8 Å². The molecule has 118 valence electrons. The Kier molecular flexibility index (Phi) is 7.54. The quantitative estimate of drug-likeness (QED) is 0.596. The van der Waals surface area contributed by atoms with Gasteiger partial charge in [-0.2, -0.15) is 0 Å². The normalized spacial score (nSPS) is 13.8. The van der Waals surface area contributed by atoms with E-state index in [0.717, 1.165) is 31.4 Å². The maximum Gasteiger partial charge on any atom is 0.163 e. The van der Waals surface area contributed by atoms with Crippen molar-refractivity contribution >= 4 is 5.78 Å². The highest BCUT2D eigenvalue weighted by Gasteiger charge is 2.31. The van der Waals surface area contributed by atoms with E-state index in [-0.39, 0.29) is 16.6 Å². The standard InChI is InChI=1S/C18H35NO/c1-9-17(7,10-2)15(19-14(5)6)13-16(20)18(8,11-3)12-4/h13-14,19H,9-12H2,1-8H3/b15-13-. The summed E-state index contributed by atoms with van der Waals surface area (Å²) in [5.74, 6) is 0.263. The third-order valence-corrected chi connectivity index (χ3v) is 5.09. The predicted molar refractivity (Wildman–Crippen MR) is 88.7 cm³/mol. The first-order valence-corrected chi connectivity index (χ1v) is 8.22. The summed E-state index contributed by atoms with van der Waals surface area (Å²) in [6.45, 7) is 17.2. The molecule has 0 heterocycles. The van der Waals surface area contributed by atoms with Crippen molar-refractivity contribution in [3.8, 4) is 0 Å². The van der Waals surface area contributed by atoms with E-state index < -0.39 is 0 Å². The fourth-order valence-corrected chi connectivity index (χ4v) is 2.24. The van der Waals surface area contributed by atoms with Crippen LogP contribution in [-0.4, -0.2) is 11.8 Å². The van der Waals surface area contributed by atoms with Crippen LogP contribution in [0.5, 0.6) is 0 Å². The molecule has 1 N–H and O–H groups in total. The van der Waals surface area contributed by atoms with Crippen LogP contribution in [0.4, 0.5) is 0 Å². The van der Waals surface area contributed by atoms with E-state index in [0.29, 0.717) is 6.04 Å². The van der Waals surface area contributed by atoms with Crippen LogP contribution in [-0.2, 0) is 4.79 Å². The molecule has 0 unspecified atom stereocenters. The Bertz CT molecular complexity index is 333. The van der Waals surface area contributed by atoms with Gasteiger partial charge in [-0.1, -0.05) is 41.5 Å². The molecule has 0 aliphatic heterocycles. The van der Waals surface area contributed by atoms with E-state index in [2.05, 4.69) is 60.7 Å². The summed E-state index contributed by atoms with van der Waals surface area (Å²) in [4.78, 5) is 12.7. The molecular formula is C18H35NO. The van der Waals surface area contributed by atoms with Gasteiger partial charge in [0.15, 0.2) is 5.78 Å². The van der Waals surface area contributed by atoms with E-state index in [9.17, 15) is 4.79 Å². The van der Waals surface area contributed by atoms with Crippen molar-refractivity contribution in [2.45, 2.75) is 87.1 Å². The van der Waals surface area contributed by atoms with Crippen LogP contribution < -0.4 is 5.32 Å². The molecule has 0 aliphatic carbocycles. The van der Waals surface area contributed by atoms with Gasteiger partial charge in [0.05, 0.1) is 0 Å². The molecule has 0 atom stereocenters. The first-order chi connectivity index (χ1) is 9.19. The molecule has 0 amide bonds. The third kappa shape index (κ3) is 4.64. The molecule has 0 aromatic carbocycles. The molecule has 0 aliphatic rings. The number of ketones is 1. The zero-order chi connectivity index (χ0) is 16.0. The summed E-state index contributed by atoms with van der Waals surface area (Å²) in [6.07, 6.45) is 5.75. The molecule has 2 heteroatoms. The van der Waals surface area contributed by atoms with E-state index in [1.807, 2.05) is 6.08 Å². The van der Waals surface area contributed by atoms with Gasteiger partial charge in [0, 0.05) is 28.6 Å². The minimum atomic E-state index is -0.230. The smallest absolute Gasteiger partial charge is 0.163 e. The minimum absolute atomic E-state index is 0.0579. The molecule has 0 aromatic heterocycles. The number of carbonyl (C=O) groups excluding carboxylic acids is 1. The number of carbonyl (C=O) groups is 1. The predicted octanol–water partition coefficient (Wildman–Crippen LogP) is 5.09. The number of nitrogens with one attached hydrogen (secondary N) is 1. The van der Waals surface area contributed by atoms with Crippen molar-refractivity contribution < 1.29 is 4.79 Å². The zero-order valence-corrected chi connectivity index (χ0v) is 14.9. The molecule has 0 fully saturated rings. The Morgan fingerprint density at radius 1 is 0.950 bits per heavy atom. The highest BCUT2D eigenvalue weighted by Crippen LogP contribution is 2.35. The fourth-order valence-electron chi connectivity index (χ4n) is 2.24. The number of hydrogen-bond acceptors (Lipinski definition) is 2. The van der Waals surface area contributed by atoms with Crippen LogP contribution >= 0.6 is 0 Å². The Hall–Kier alpha value is -0.790. The first kappa shape index (κ1) is 19.2. The minimum Gasteiger partial charge on any atom is -0.386 e. The SMILES string of the molecule is CCC(C)(CC)C(=O)/C=C(\NC(C)C)C(C)(CC)CC. The van der Waals surface area contributed by atoms with Crippen LogP contribution in [0.3, 0.4) is 0 Å². The average Bonchev–Trinajstić information content (AvgIpc) is 2.44. The maximum absolute atomic E-state index is 12.7. The molecule has 20 heavy (non-hydrogen) atoms. The fraction of sp³-hybridized carbons (Fsp3) is 0.833. The Labute approximate surface area is 126 Å². The maximum atomic E-state index is 12.7. The van der Waals surface area contributed by atoms with Crippen molar-refractivity contribution in [3.63, 3.8) is 0 Å². The topological polar surface area (TPSA) is 29.1 Å². The summed E-state index contributed by atoms with van der Waals surface area (Å²) in [5, 5.41) is 3.51. The second-order valence-corrected chi connectivity index (χ2v) is 6.76. The van der Waals surface area contributed by atoms with E-state index in [4.69, 9.17) is 0 Å². The van der Waals surface area contributed by atoms with Crippen molar-refractivity contribution in [2.24, 2.45) is 10.8 Å². The molecule has 0 bridgehead atoms. The zero-order valence-electron chi connectivity index (χ0n) is 14.9. The first-order valence-electron chi connectivity index (χ1n) is 8.22. The number of hydrogen-bond donors (Lipinski definition) is 1. The molecule has 0 rings (SSSR count). The van der Waals surface area contributed by atoms with Gasteiger partial charge >= 0.3 is 0 Å². The molecule has 0 saturated heterocycles. The molecule has 0 aromatic rings. The third-order valence-electron chi connectivity index (χ3n) is 5.09. The van der Waals surface area contributed by atoms with Crippen LogP contribution in [0.2, 0.25) is 0 Å². The highest BCUT2D eigenvalue weighted by molar-refractivity contribution is 5.95. The summed E-state index contributed by atoms with van der Waals surface area (Å²) in [7, 11) is 0. The van der Waals surface area contributed by atoms with Gasteiger partial charge in [-0.15, -0.1) is 0 Å². The lowest BCUT2D eigenvalue weighted by molar-refractivity contribution is -0.123. The molecular weight excluding hydrogens is 246 g/mol. The Balaban J connectivity index is 5.53. The summed E-state index contributed by atoms with van der Waals surface area (Å²) in [5.41, 5.74) is 0.935. The van der Waals surface area contributed by atoms with E-state index in [1.165, 1.54) is 0 Å². The second-order valence-electron chi connectivity index (χ2n) is 6.76. The molecule has 0 radical (unpaired) electrons. The lowest BCUT2D eigenvalue weighted by Gasteiger charge is -2.33. The molecule has 0 spiro atoms. The highest BCUT2D eigenvalue weighted by atomic mass is 16.1. The van der Waals surface area contributed by atoms with Crippen molar-refractivity contribution in [2.75, 3.05) is 0 Å². The van der Waals surface area contributed by atoms with Crippen molar-refractivity contribution in [1.82, 2.24) is 5.32 Å². The van der Waals surface area contributed by atoms with Gasteiger partial charge in [-0.05, 0) is 39.5 Å². The van der Waals surface area contributed by atoms with E-state index in [1.54, 1.807) is 0 Å². The lowest BCUT2D eigenvalue weighted by Crippen LogP contribution is -2.35. The summed E-state index contributed by atoms with van der Waals surface area (Å²) >= 11 is 0. The number of rotatable bonds is 9. The van der Waals surface area contributed by atoms with Crippen LogP contribution in [0.1, 0.15) is 81.1 Å². The van der Waals surface area contributed by atoms with Crippen molar-refractivity contribution in [1.29, 1.82) is 0 Å². The summed E-state index contributed by atoms with van der Waals surface area (Å²) < 4.78 is 0. The number of allylic oxidation sites excluding steroid dienone is 2. The molecule has 2 nitrogen and oxygen atoms in total. The van der Waals surface area contributed by atoms with Gasteiger partial charge in [-0.25, -0.2) is 0 Å². The average molecular weight is 281 g/mol. The van der Waals surface area contributed by atoms with Crippen molar-refractivity contribution in [3.05, 3.63) is 11.8 Å². The monoisotopic (exact) mass is 281 g/mol. The van der Waals surface area contributed by atoms with E-state index >= 15 is 0 Å². The van der Waals surface area contributed by atoms with Gasteiger partial charge in [0.2, 0.25) is 0 Å². The van der Waals surface area contributed by atoms with Gasteiger partial charge in [0.25, 0.3) is 0 Å². The summed E-state index contributed by atoms with van der Waals surface area (Å²) in [6, 6.07) is 0.348. The van der Waals surface area contributed by atoms with Gasteiger partial charge in [0.1, 0.15) is 0 Å². The second kappa shape index (κ2) is 7.85. The van der Waals surface area contributed by atoms with Gasteiger partial charge in [-0.3, -0.25) is 4.79 Å². The lowest BCUT2D eigenvalue weighted by atomic mass is 9.76. The molecule has 0 saturated carbocycles. The van der Waals surface area contributed by atoms with Crippen LogP contribution in [0.25, 0.3) is 0 Å². The Morgan fingerprint density at radius 3 is 1.65 bits per heavy atom. The van der Waals surface area contributed by atoms with Crippen LogP contribution in [0, 0.1) is 10.8 Å². The van der Waals surface area contributed by atoms with Gasteiger partial charge < -0.3 is 5.32 Å².